The van der Waals surface area contributed by atoms with Gasteiger partial charge in [-0.15, -0.1) is 11.3 Å². The highest BCUT2D eigenvalue weighted by atomic mass is 32.1. The van der Waals surface area contributed by atoms with Crippen LogP contribution in [0.5, 0.6) is 0 Å². The van der Waals surface area contributed by atoms with Crippen molar-refractivity contribution in [2.75, 3.05) is 0 Å². The molecule has 0 saturated carbocycles. The molecule has 0 aliphatic rings. The summed E-state index contributed by atoms with van der Waals surface area (Å²) in [4.78, 5) is 4.12. The fraction of sp³-hybridized carbons (Fsp3) is 0.143. The van der Waals surface area contributed by atoms with Gasteiger partial charge in [-0.2, -0.15) is 5.10 Å². The number of thiazole rings is 1. The van der Waals surface area contributed by atoms with Crippen molar-refractivity contribution < 1.29 is 0 Å². The highest BCUT2D eigenvalue weighted by Crippen LogP contribution is 2.09. The minimum atomic E-state index is 0.915. The van der Waals surface area contributed by atoms with E-state index in [2.05, 4.69) is 10.1 Å². The quantitative estimate of drug-likeness (QED) is 0.643. The maximum absolute atomic E-state index is 4.22. The molecule has 2 rings (SSSR count). The number of aromatic nitrogens is 3. The lowest BCUT2D eigenvalue weighted by atomic mass is 10.5. The third-order valence-corrected chi connectivity index (χ3v) is 2.10. The molecule has 0 radical (unpaired) electrons. The van der Waals surface area contributed by atoms with Crippen LogP contribution in [-0.2, 0) is 0 Å². The zero-order chi connectivity index (χ0) is 7.68. The molecule has 0 atom stereocenters. The summed E-state index contributed by atoms with van der Waals surface area (Å²) in [5, 5.41) is 7.07. The van der Waals surface area contributed by atoms with Gasteiger partial charge in [-0.05, 0) is 13.0 Å². The molecule has 3 nitrogen and oxygen atoms in total. The zero-order valence-electron chi connectivity index (χ0n) is 6.06. The van der Waals surface area contributed by atoms with Crippen molar-refractivity contribution in [2.45, 2.75) is 6.92 Å². The van der Waals surface area contributed by atoms with Crippen LogP contribution in [0.4, 0.5) is 0 Å². The Balaban J connectivity index is 2.45. The molecule has 56 valence electrons. The van der Waals surface area contributed by atoms with Gasteiger partial charge < -0.3 is 0 Å². The van der Waals surface area contributed by atoms with Crippen molar-refractivity contribution >= 4 is 11.3 Å². The van der Waals surface area contributed by atoms with Gasteiger partial charge in [0.05, 0.1) is 5.69 Å². The van der Waals surface area contributed by atoms with Crippen molar-refractivity contribution in [3.8, 4) is 5.13 Å². The topological polar surface area (TPSA) is 30.7 Å². The Labute approximate surface area is 68.3 Å². The first-order valence-corrected chi connectivity index (χ1v) is 4.16. The van der Waals surface area contributed by atoms with E-state index in [4.69, 9.17) is 0 Å². The van der Waals surface area contributed by atoms with E-state index < -0.39 is 0 Å². The normalized spacial score (nSPS) is 10.3. The van der Waals surface area contributed by atoms with E-state index in [-0.39, 0.29) is 0 Å². The molecule has 0 aliphatic carbocycles. The second kappa shape index (κ2) is 2.47. The first-order chi connectivity index (χ1) is 5.36. The molecular formula is C7H7N3S. The fourth-order valence-electron chi connectivity index (χ4n) is 0.851. The molecule has 0 aromatic carbocycles. The van der Waals surface area contributed by atoms with Gasteiger partial charge in [-0.25, -0.2) is 9.67 Å². The third kappa shape index (κ3) is 1.17. The van der Waals surface area contributed by atoms with Crippen LogP contribution in [-0.4, -0.2) is 14.8 Å². The Hall–Kier alpha value is -1.16. The van der Waals surface area contributed by atoms with Crippen LogP contribution in [0.3, 0.4) is 0 Å². The van der Waals surface area contributed by atoms with Crippen LogP contribution >= 0.6 is 11.3 Å². The van der Waals surface area contributed by atoms with Gasteiger partial charge in [0, 0.05) is 17.8 Å². The summed E-state index contributed by atoms with van der Waals surface area (Å²) in [6, 6.07) is 1.96. The Morgan fingerprint density at radius 2 is 2.45 bits per heavy atom. The zero-order valence-corrected chi connectivity index (χ0v) is 6.88. The number of rotatable bonds is 1. The third-order valence-electron chi connectivity index (χ3n) is 1.34. The van der Waals surface area contributed by atoms with Crippen LogP contribution < -0.4 is 0 Å². The Bertz CT molecular complexity index is 336. The van der Waals surface area contributed by atoms with Gasteiger partial charge >= 0.3 is 0 Å². The predicted octanol–water partition coefficient (Wildman–Crippen LogP) is 1.64. The summed E-state index contributed by atoms with van der Waals surface area (Å²) >= 11 is 1.58. The predicted molar refractivity (Wildman–Crippen MR) is 44.0 cm³/mol. The van der Waals surface area contributed by atoms with Crippen molar-refractivity contribution in [1.82, 2.24) is 14.8 Å². The molecule has 0 bridgehead atoms. The molecule has 0 unspecified atom stereocenters. The SMILES string of the molecule is Cc1ccn(-c2nccs2)n1. The van der Waals surface area contributed by atoms with E-state index in [1.165, 1.54) is 0 Å². The summed E-state index contributed by atoms with van der Waals surface area (Å²) < 4.78 is 1.78. The molecule has 0 spiro atoms. The molecule has 11 heavy (non-hydrogen) atoms. The fourth-order valence-corrected chi connectivity index (χ4v) is 1.43. The first kappa shape index (κ1) is 6.54. The van der Waals surface area contributed by atoms with Crippen molar-refractivity contribution in [1.29, 1.82) is 0 Å². The average molecular weight is 165 g/mol. The van der Waals surface area contributed by atoms with Gasteiger partial charge in [-0.3, -0.25) is 0 Å². The second-order valence-corrected chi connectivity index (χ2v) is 3.09. The second-order valence-electron chi connectivity index (χ2n) is 2.22. The summed E-state index contributed by atoms with van der Waals surface area (Å²) in [7, 11) is 0. The Morgan fingerprint density at radius 3 is 3.00 bits per heavy atom. The van der Waals surface area contributed by atoms with Crippen molar-refractivity contribution in [3.05, 3.63) is 29.5 Å². The van der Waals surface area contributed by atoms with E-state index >= 15 is 0 Å². The number of aryl methyl sites for hydroxylation is 1. The molecule has 2 aromatic heterocycles. The molecule has 0 fully saturated rings. The lowest BCUT2D eigenvalue weighted by Gasteiger charge is -1.90. The van der Waals surface area contributed by atoms with E-state index in [0.717, 1.165) is 10.8 Å². The van der Waals surface area contributed by atoms with Gasteiger partial charge in [0.2, 0.25) is 5.13 Å². The lowest BCUT2D eigenvalue weighted by molar-refractivity contribution is 0.853. The van der Waals surface area contributed by atoms with Crippen LogP contribution in [0.2, 0.25) is 0 Å². The van der Waals surface area contributed by atoms with E-state index in [0.29, 0.717) is 0 Å². The van der Waals surface area contributed by atoms with Gasteiger partial charge in [0.1, 0.15) is 0 Å². The largest absolute Gasteiger partial charge is 0.227 e. The number of nitrogens with zero attached hydrogens (tertiary/aromatic N) is 3. The highest BCUT2D eigenvalue weighted by molar-refractivity contribution is 7.12. The summed E-state index contributed by atoms with van der Waals surface area (Å²) in [5.41, 5.74) is 1.01. The first-order valence-electron chi connectivity index (χ1n) is 3.28. The van der Waals surface area contributed by atoms with Crippen LogP contribution in [0.1, 0.15) is 5.69 Å². The van der Waals surface area contributed by atoms with Crippen molar-refractivity contribution in [2.24, 2.45) is 0 Å². The molecule has 0 N–H and O–H groups in total. The van der Waals surface area contributed by atoms with Crippen LogP contribution in [0, 0.1) is 6.92 Å². The summed E-state index contributed by atoms with van der Waals surface area (Å²) in [5.74, 6) is 0. The Kier molecular flexibility index (Phi) is 1.47. The lowest BCUT2D eigenvalue weighted by Crippen LogP contribution is -1.92. The van der Waals surface area contributed by atoms with Crippen LogP contribution in [0.15, 0.2) is 23.8 Å². The molecule has 0 saturated heterocycles. The maximum Gasteiger partial charge on any atom is 0.210 e. The number of hydrogen-bond donors (Lipinski definition) is 0. The Morgan fingerprint density at radius 1 is 1.55 bits per heavy atom. The monoisotopic (exact) mass is 165 g/mol. The molecule has 2 aromatic rings. The van der Waals surface area contributed by atoms with Gasteiger partial charge in [0.15, 0.2) is 0 Å². The highest BCUT2D eigenvalue weighted by Gasteiger charge is 1.98. The maximum atomic E-state index is 4.22. The average Bonchev–Trinajstić information content (AvgIpc) is 2.55. The van der Waals surface area contributed by atoms with E-state index in [1.807, 2.05) is 24.6 Å². The van der Waals surface area contributed by atoms with E-state index in [9.17, 15) is 0 Å². The molecular weight excluding hydrogens is 158 g/mol. The van der Waals surface area contributed by atoms with Gasteiger partial charge in [-0.1, -0.05) is 0 Å². The summed E-state index contributed by atoms with van der Waals surface area (Å²) in [6.45, 7) is 1.96. The minimum absolute atomic E-state index is 0.915. The van der Waals surface area contributed by atoms with Crippen molar-refractivity contribution in [3.63, 3.8) is 0 Å². The standard InChI is InChI=1S/C7H7N3S/c1-6-2-4-10(9-6)7-8-3-5-11-7/h2-5H,1H3. The molecule has 0 amide bonds. The minimum Gasteiger partial charge on any atom is -0.227 e. The molecule has 0 aliphatic heterocycles. The van der Waals surface area contributed by atoms with Crippen LogP contribution in [0.25, 0.3) is 5.13 Å². The molecule has 4 heteroatoms. The smallest absolute Gasteiger partial charge is 0.210 e. The van der Waals surface area contributed by atoms with E-state index in [1.54, 1.807) is 22.2 Å². The number of hydrogen-bond acceptors (Lipinski definition) is 3. The summed E-state index contributed by atoms with van der Waals surface area (Å²) in [6.07, 6.45) is 3.69. The molecule has 2 heterocycles. The van der Waals surface area contributed by atoms with Gasteiger partial charge in [0.25, 0.3) is 0 Å².